The van der Waals surface area contributed by atoms with Crippen LogP contribution in [0, 0.1) is 0 Å². The third kappa shape index (κ3) is 16.3. The molecule has 0 aromatic carbocycles. The number of allylic oxidation sites excluding steroid dienone is 12. The summed E-state index contributed by atoms with van der Waals surface area (Å²) >= 11 is 0. The highest BCUT2D eigenvalue weighted by molar-refractivity contribution is 5.83. The summed E-state index contributed by atoms with van der Waals surface area (Å²) in [5, 5.41) is 11.8. The fraction of sp³-hybridized carbons (Fsp3) is 0.393. The summed E-state index contributed by atoms with van der Waals surface area (Å²) in [6.07, 6.45) is 35.4. The van der Waals surface area contributed by atoms with Crippen LogP contribution < -0.4 is 5.32 Å². The fourth-order valence-electron chi connectivity index (χ4n) is 2.94. The molecule has 0 aliphatic carbocycles. The van der Waals surface area contributed by atoms with Crippen LogP contribution in [0.15, 0.2) is 85.4 Å². The Bertz CT molecular complexity index is 846. The summed E-state index contributed by atoms with van der Waals surface area (Å²) in [4.78, 5) is 30.0. The molecule has 0 fully saturated rings. The predicted octanol–water partition coefficient (Wildman–Crippen LogP) is 6.00. The van der Waals surface area contributed by atoms with E-state index in [2.05, 4.69) is 83.0 Å². The lowest BCUT2D eigenvalue weighted by atomic mass is 10.1. The van der Waals surface area contributed by atoms with Crippen molar-refractivity contribution in [2.24, 2.45) is 0 Å². The van der Waals surface area contributed by atoms with Crippen molar-refractivity contribution in [1.82, 2.24) is 15.3 Å². The van der Waals surface area contributed by atoms with Crippen molar-refractivity contribution in [1.29, 1.82) is 0 Å². The molecule has 1 amide bonds. The van der Waals surface area contributed by atoms with Crippen molar-refractivity contribution in [2.45, 2.75) is 70.8 Å². The second kappa shape index (κ2) is 20.2. The van der Waals surface area contributed by atoms with Gasteiger partial charge in [0.05, 0.1) is 6.33 Å². The van der Waals surface area contributed by atoms with Crippen LogP contribution in [0.3, 0.4) is 0 Å². The molecular weight excluding hydrogens is 426 g/mol. The van der Waals surface area contributed by atoms with Gasteiger partial charge in [0.25, 0.3) is 0 Å². The van der Waals surface area contributed by atoms with Gasteiger partial charge >= 0.3 is 5.97 Å². The first-order valence-electron chi connectivity index (χ1n) is 12.0. The minimum atomic E-state index is -1.06. The Kier molecular flexibility index (Phi) is 17.0. The van der Waals surface area contributed by atoms with Gasteiger partial charge in [0.2, 0.25) is 5.91 Å². The molecule has 184 valence electrons. The van der Waals surface area contributed by atoms with Gasteiger partial charge in [-0.3, -0.25) is 4.79 Å². The Morgan fingerprint density at radius 1 is 0.882 bits per heavy atom. The second-order valence-corrected chi connectivity index (χ2v) is 7.69. The summed E-state index contributed by atoms with van der Waals surface area (Å²) < 4.78 is 0. The molecule has 1 rings (SSSR count). The second-order valence-electron chi connectivity index (χ2n) is 7.69. The zero-order chi connectivity index (χ0) is 24.7. The van der Waals surface area contributed by atoms with Crippen LogP contribution >= 0.6 is 0 Å². The number of hydrogen-bond donors (Lipinski definition) is 3. The van der Waals surface area contributed by atoms with Crippen LogP contribution in [0.4, 0.5) is 0 Å². The molecule has 0 radical (unpaired) electrons. The van der Waals surface area contributed by atoms with Crippen molar-refractivity contribution in [3.05, 3.63) is 91.1 Å². The van der Waals surface area contributed by atoms with Crippen LogP contribution in [0.25, 0.3) is 0 Å². The van der Waals surface area contributed by atoms with Crippen molar-refractivity contribution in [2.75, 3.05) is 0 Å². The van der Waals surface area contributed by atoms with Gasteiger partial charge in [-0.1, -0.05) is 79.8 Å². The molecule has 0 saturated heterocycles. The molecule has 0 saturated carbocycles. The number of hydrogen-bond acceptors (Lipinski definition) is 3. The largest absolute Gasteiger partial charge is 0.480 e. The molecule has 34 heavy (non-hydrogen) atoms. The first kappa shape index (κ1) is 28.6. The van der Waals surface area contributed by atoms with E-state index in [0.717, 1.165) is 38.5 Å². The number of nitrogens with zero attached hydrogens (tertiary/aromatic N) is 1. The number of rotatable bonds is 18. The molecule has 1 aromatic heterocycles. The molecule has 0 spiro atoms. The van der Waals surface area contributed by atoms with Crippen LogP contribution in [0.1, 0.15) is 64.0 Å². The Hall–Kier alpha value is -3.41. The molecule has 0 bridgehead atoms. The Morgan fingerprint density at radius 3 is 1.82 bits per heavy atom. The zero-order valence-corrected chi connectivity index (χ0v) is 20.2. The lowest BCUT2D eigenvalue weighted by molar-refractivity contribution is -0.141. The van der Waals surface area contributed by atoms with Crippen molar-refractivity contribution in [3.63, 3.8) is 0 Å². The van der Waals surface area contributed by atoms with E-state index in [1.165, 1.54) is 6.33 Å². The van der Waals surface area contributed by atoms with Gasteiger partial charge in [0.15, 0.2) is 0 Å². The summed E-state index contributed by atoms with van der Waals surface area (Å²) in [5.74, 6) is -1.33. The van der Waals surface area contributed by atoms with Crippen LogP contribution in [-0.4, -0.2) is 33.0 Å². The van der Waals surface area contributed by atoms with E-state index in [1.54, 1.807) is 6.20 Å². The Balaban J connectivity index is 2.07. The number of aromatic amines is 1. The van der Waals surface area contributed by atoms with E-state index in [-0.39, 0.29) is 18.7 Å². The number of imidazole rings is 1. The minimum Gasteiger partial charge on any atom is -0.480 e. The summed E-state index contributed by atoms with van der Waals surface area (Å²) in [7, 11) is 0. The van der Waals surface area contributed by atoms with E-state index in [9.17, 15) is 14.7 Å². The number of carboxylic acids is 1. The average molecular weight is 466 g/mol. The van der Waals surface area contributed by atoms with Gasteiger partial charge < -0.3 is 15.4 Å². The summed E-state index contributed by atoms with van der Waals surface area (Å²) in [6.45, 7) is 2.14. The quantitative estimate of drug-likeness (QED) is 0.232. The van der Waals surface area contributed by atoms with E-state index < -0.39 is 12.0 Å². The number of aromatic nitrogens is 2. The minimum absolute atomic E-state index is 0.182. The fourth-order valence-corrected chi connectivity index (χ4v) is 2.94. The lowest BCUT2D eigenvalue weighted by Crippen LogP contribution is -2.42. The van der Waals surface area contributed by atoms with Gasteiger partial charge in [-0.25, -0.2) is 9.78 Å². The predicted molar refractivity (Wildman–Crippen MR) is 139 cm³/mol. The maximum absolute atomic E-state index is 12.0. The molecule has 1 unspecified atom stereocenters. The molecule has 6 nitrogen and oxygen atoms in total. The van der Waals surface area contributed by atoms with Crippen molar-refractivity contribution < 1.29 is 14.7 Å². The van der Waals surface area contributed by atoms with Crippen LogP contribution in [-0.2, 0) is 16.0 Å². The van der Waals surface area contributed by atoms with Gasteiger partial charge in [0.1, 0.15) is 6.04 Å². The van der Waals surface area contributed by atoms with Gasteiger partial charge in [-0.05, 0) is 44.9 Å². The number of aliphatic carboxylic acids is 1. The third-order valence-electron chi connectivity index (χ3n) is 4.75. The van der Waals surface area contributed by atoms with Crippen molar-refractivity contribution >= 4 is 11.9 Å². The average Bonchev–Trinajstić information content (AvgIpc) is 3.33. The number of nitrogens with one attached hydrogen (secondary N) is 2. The highest BCUT2D eigenvalue weighted by Crippen LogP contribution is 2.01. The highest BCUT2D eigenvalue weighted by Gasteiger charge is 2.20. The van der Waals surface area contributed by atoms with E-state index >= 15 is 0 Å². The van der Waals surface area contributed by atoms with Crippen LogP contribution in [0.5, 0.6) is 0 Å². The third-order valence-corrected chi connectivity index (χ3v) is 4.75. The van der Waals surface area contributed by atoms with E-state index in [1.807, 2.05) is 12.2 Å². The Morgan fingerprint density at radius 2 is 1.38 bits per heavy atom. The van der Waals surface area contributed by atoms with E-state index in [4.69, 9.17) is 0 Å². The molecule has 6 heteroatoms. The smallest absolute Gasteiger partial charge is 0.326 e. The van der Waals surface area contributed by atoms with E-state index in [0.29, 0.717) is 12.1 Å². The molecule has 0 aliphatic rings. The monoisotopic (exact) mass is 465 g/mol. The van der Waals surface area contributed by atoms with Gasteiger partial charge in [-0.15, -0.1) is 0 Å². The number of carbonyl (C=O) groups excluding carboxylic acids is 1. The number of carboxylic acid groups (broad SMARTS) is 1. The molecule has 1 heterocycles. The molecule has 0 aliphatic heterocycles. The van der Waals surface area contributed by atoms with Gasteiger partial charge in [0, 0.05) is 24.7 Å². The standard InChI is InChI=1S/C28H39N3O3/c1-2-3-4-5-6-7-8-9-10-11-12-13-14-15-16-17-18-19-20-21-27(32)31-26(28(33)34)22-25-23-29-24-30-25/h3-4,6-7,9-10,12-13,15-16,18-19,23-24,26H,2,5,8,11,14,17,20-22H2,1H3,(H,29,30)(H,31,32)(H,33,34)/b4-3-,7-6+,10-9+,13-12+,16-15+,19-18+. The molecule has 1 aromatic rings. The number of H-pyrrole nitrogens is 1. The first-order chi connectivity index (χ1) is 16.6. The lowest BCUT2D eigenvalue weighted by Gasteiger charge is -2.13. The molecule has 1 atom stereocenters. The molecule has 3 N–H and O–H groups in total. The number of carbonyl (C=O) groups is 2. The topological polar surface area (TPSA) is 95.1 Å². The summed E-state index contributed by atoms with van der Waals surface area (Å²) in [6, 6.07) is -0.960. The summed E-state index contributed by atoms with van der Waals surface area (Å²) in [5.41, 5.74) is 0.671. The highest BCUT2D eigenvalue weighted by atomic mass is 16.4. The number of amides is 1. The first-order valence-corrected chi connectivity index (χ1v) is 12.0. The van der Waals surface area contributed by atoms with Gasteiger partial charge in [-0.2, -0.15) is 0 Å². The maximum atomic E-state index is 12.0. The SMILES string of the molecule is CC/C=C\C/C=C/C/C=C/C/C=C/C/C=C/C/C=C/CCC(=O)NC(Cc1cnc[nH]1)C(=O)O. The Labute approximate surface area is 204 Å². The maximum Gasteiger partial charge on any atom is 0.326 e. The molecular formula is C28H39N3O3. The van der Waals surface area contributed by atoms with Crippen molar-refractivity contribution in [3.8, 4) is 0 Å². The normalized spacial score (nSPS) is 13.4. The van der Waals surface area contributed by atoms with Crippen LogP contribution in [0.2, 0.25) is 0 Å². The zero-order valence-electron chi connectivity index (χ0n) is 20.2.